The average Bonchev–Trinajstić information content (AvgIpc) is 2.48. The van der Waals surface area contributed by atoms with Gasteiger partial charge in [-0.05, 0) is 36.1 Å². The van der Waals surface area contributed by atoms with E-state index in [1.54, 1.807) is 0 Å². The number of nitrogens with zero attached hydrogens (tertiary/aromatic N) is 1. The van der Waals surface area contributed by atoms with Gasteiger partial charge in [-0.25, -0.2) is 0 Å². The minimum Gasteiger partial charge on any atom is -0.391 e. The Morgan fingerprint density at radius 2 is 1.74 bits per heavy atom. The monoisotopic (exact) mass is 253 g/mol. The minimum atomic E-state index is 0.506. The summed E-state index contributed by atoms with van der Waals surface area (Å²) in [7, 11) is 0. The molecule has 2 nitrogen and oxygen atoms in total. The fourth-order valence-corrected chi connectivity index (χ4v) is 1.85. The number of oxime groups is 1. The minimum absolute atomic E-state index is 0.506. The van der Waals surface area contributed by atoms with Crippen LogP contribution in [0.15, 0.2) is 59.8 Å². The first-order valence-electron chi connectivity index (χ1n) is 6.59. The lowest BCUT2D eigenvalue weighted by Crippen LogP contribution is -1.98. The highest BCUT2D eigenvalue weighted by Crippen LogP contribution is 2.08. The Balaban J connectivity index is 1.98. The smallest absolute Gasteiger partial charge is 0.142 e. The van der Waals surface area contributed by atoms with Crippen LogP contribution in [-0.2, 0) is 17.9 Å². The van der Waals surface area contributed by atoms with E-state index in [9.17, 15) is 0 Å². The molecule has 0 saturated heterocycles. The van der Waals surface area contributed by atoms with Crippen molar-refractivity contribution in [2.75, 3.05) is 0 Å². The zero-order chi connectivity index (χ0) is 13.5. The van der Waals surface area contributed by atoms with Crippen molar-refractivity contribution < 1.29 is 4.84 Å². The van der Waals surface area contributed by atoms with Gasteiger partial charge in [0.2, 0.25) is 0 Å². The van der Waals surface area contributed by atoms with Crippen molar-refractivity contribution in [3.63, 3.8) is 0 Å². The predicted octanol–water partition coefficient (Wildman–Crippen LogP) is 4.19. The molecule has 0 heterocycles. The Labute approximate surface area is 114 Å². The summed E-state index contributed by atoms with van der Waals surface area (Å²) in [5.41, 5.74) is 4.47. The highest BCUT2D eigenvalue weighted by molar-refractivity contribution is 5.98. The summed E-state index contributed by atoms with van der Waals surface area (Å²) in [6.45, 7) is 4.63. The highest BCUT2D eigenvalue weighted by Gasteiger charge is 1.99. The van der Waals surface area contributed by atoms with Gasteiger partial charge < -0.3 is 4.84 Å². The van der Waals surface area contributed by atoms with Crippen LogP contribution in [0.4, 0.5) is 0 Å². The molecule has 0 bridgehead atoms. The molecule has 0 radical (unpaired) electrons. The Hall–Kier alpha value is -2.09. The van der Waals surface area contributed by atoms with Gasteiger partial charge in [-0.15, -0.1) is 0 Å². The van der Waals surface area contributed by atoms with Gasteiger partial charge in [0.1, 0.15) is 6.61 Å². The van der Waals surface area contributed by atoms with Gasteiger partial charge in [-0.2, -0.15) is 0 Å². The normalized spacial score (nSPS) is 11.4. The highest BCUT2D eigenvalue weighted by atomic mass is 16.6. The summed E-state index contributed by atoms with van der Waals surface area (Å²) >= 11 is 0. The van der Waals surface area contributed by atoms with Crippen molar-refractivity contribution in [3.8, 4) is 0 Å². The molecule has 2 heteroatoms. The van der Waals surface area contributed by atoms with E-state index in [-0.39, 0.29) is 0 Å². The molecule has 0 atom stereocenters. The van der Waals surface area contributed by atoms with Crippen LogP contribution in [0.3, 0.4) is 0 Å². The fraction of sp³-hybridized carbons (Fsp3) is 0.235. The van der Waals surface area contributed by atoms with Crippen LogP contribution in [0.2, 0.25) is 0 Å². The third kappa shape index (κ3) is 3.95. The van der Waals surface area contributed by atoms with Gasteiger partial charge in [0.25, 0.3) is 0 Å². The predicted molar refractivity (Wildman–Crippen MR) is 79.3 cm³/mol. The van der Waals surface area contributed by atoms with Gasteiger partial charge in [0.15, 0.2) is 0 Å². The van der Waals surface area contributed by atoms with Gasteiger partial charge in [-0.3, -0.25) is 0 Å². The van der Waals surface area contributed by atoms with Crippen molar-refractivity contribution in [2.24, 2.45) is 5.16 Å². The zero-order valence-corrected chi connectivity index (χ0v) is 11.5. The first kappa shape index (κ1) is 13.3. The summed E-state index contributed by atoms with van der Waals surface area (Å²) in [6.07, 6.45) is 1.03. The van der Waals surface area contributed by atoms with E-state index >= 15 is 0 Å². The van der Waals surface area contributed by atoms with E-state index in [1.165, 1.54) is 5.56 Å². The molecule has 0 aliphatic rings. The van der Waals surface area contributed by atoms with Crippen molar-refractivity contribution in [2.45, 2.75) is 26.9 Å². The van der Waals surface area contributed by atoms with Crippen molar-refractivity contribution in [1.29, 1.82) is 0 Å². The molecule has 0 amide bonds. The summed E-state index contributed by atoms with van der Waals surface area (Å²) in [4.78, 5) is 5.40. The molecular formula is C17H19NO. The summed E-state index contributed by atoms with van der Waals surface area (Å²) in [6, 6.07) is 18.5. The van der Waals surface area contributed by atoms with E-state index in [0.29, 0.717) is 6.61 Å². The van der Waals surface area contributed by atoms with Crippen LogP contribution >= 0.6 is 0 Å². The van der Waals surface area contributed by atoms with Crippen molar-refractivity contribution in [3.05, 3.63) is 71.3 Å². The van der Waals surface area contributed by atoms with Crippen LogP contribution in [0.5, 0.6) is 0 Å². The Kier molecular flexibility index (Phi) is 4.73. The van der Waals surface area contributed by atoms with E-state index in [0.717, 1.165) is 23.3 Å². The second-order valence-corrected chi connectivity index (χ2v) is 4.49. The lowest BCUT2D eigenvalue weighted by Gasteiger charge is -2.04. The second kappa shape index (κ2) is 6.74. The molecule has 0 aromatic heterocycles. The quantitative estimate of drug-likeness (QED) is 0.578. The average molecular weight is 253 g/mol. The number of hydrogen-bond donors (Lipinski definition) is 0. The van der Waals surface area contributed by atoms with Gasteiger partial charge in [0.05, 0.1) is 5.71 Å². The molecular weight excluding hydrogens is 234 g/mol. The first-order valence-corrected chi connectivity index (χ1v) is 6.59. The molecule has 0 spiro atoms. The molecule has 0 saturated carbocycles. The lowest BCUT2D eigenvalue weighted by molar-refractivity contribution is 0.130. The molecule has 0 unspecified atom stereocenters. The van der Waals surface area contributed by atoms with Crippen LogP contribution in [-0.4, -0.2) is 5.71 Å². The Morgan fingerprint density at radius 3 is 2.47 bits per heavy atom. The standard InChI is InChI=1S/C17H19NO/c1-3-15-10-7-11-17(12-15)14(2)18-19-13-16-8-5-4-6-9-16/h4-12H,3,13H2,1-2H3. The molecule has 2 rings (SSSR count). The maximum Gasteiger partial charge on any atom is 0.142 e. The zero-order valence-electron chi connectivity index (χ0n) is 11.5. The fourth-order valence-electron chi connectivity index (χ4n) is 1.85. The second-order valence-electron chi connectivity index (χ2n) is 4.49. The molecule has 19 heavy (non-hydrogen) atoms. The summed E-state index contributed by atoms with van der Waals surface area (Å²) in [5, 5.41) is 4.18. The SMILES string of the molecule is CCc1cccc(C(C)=NOCc2ccccc2)c1. The maximum atomic E-state index is 5.40. The van der Waals surface area contributed by atoms with Crippen LogP contribution in [0, 0.1) is 0 Å². The van der Waals surface area contributed by atoms with Crippen LogP contribution < -0.4 is 0 Å². The van der Waals surface area contributed by atoms with E-state index in [4.69, 9.17) is 4.84 Å². The Morgan fingerprint density at radius 1 is 1.00 bits per heavy atom. The number of aryl methyl sites for hydroxylation is 1. The Bertz CT molecular complexity index is 546. The molecule has 0 aliphatic heterocycles. The topological polar surface area (TPSA) is 21.6 Å². The largest absolute Gasteiger partial charge is 0.391 e. The summed E-state index contributed by atoms with van der Waals surface area (Å²) in [5.74, 6) is 0. The van der Waals surface area contributed by atoms with Gasteiger partial charge >= 0.3 is 0 Å². The van der Waals surface area contributed by atoms with Crippen molar-refractivity contribution in [1.82, 2.24) is 0 Å². The third-order valence-electron chi connectivity index (χ3n) is 3.03. The molecule has 0 fully saturated rings. The van der Waals surface area contributed by atoms with Crippen LogP contribution in [0.1, 0.15) is 30.5 Å². The van der Waals surface area contributed by atoms with Gasteiger partial charge in [-0.1, -0.05) is 60.6 Å². The summed E-state index contributed by atoms with van der Waals surface area (Å²) < 4.78 is 0. The van der Waals surface area contributed by atoms with E-state index in [1.807, 2.05) is 37.3 Å². The maximum absolute atomic E-state index is 5.40. The molecule has 0 N–H and O–H groups in total. The van der Waals surface area contributed by atoms with Gasteiger partial charge in [0, 0.05) is 0 Å². The first-order chi connectivity index (χ1) is 9.29. The van der Waals surface area contributed by atoms with E-state index in [2.05, 4.69) is 36.3 Å². The number of rotatable bonds is 5. The van der Waals surface area contributed by atoms with E-state index < -0.39 is 0 Å². The van der Waals surface area contributed by atoms with Crippen LogP contribution in [0.25, 0.3) is 0 Å². The molecule has 2 aromatic carbocycles. The number of benzene rings is 2. The van der Waals surface area contributed by atoms with Crippen molar-refractivity contribution >= 4 is 5.71 Å². The molecule has 98 valence electrons. The number of hydrogen-bond acceptors (Lipinski definition) is 2. The third-order valence-corrected chi connectivity index (χ3v) is 3.03. The molecule has 0 aliphatic carbocycles. The molecule has 2 aromatic rings. The lowest BCUT2D eigenvalue weighted by atomic mass is 10.1.